The van der Waals surface area contributed by atoms with Crippen LogP contribution in [0.2, 0.25) is 0 Å². The molecule has 0 unspecified atom stereocenters. The molecule has 102 valence electrons. The van der Waals surface area contributed by atoms with Crippen molar-refractivity contribution in [1.82, 2.24) is 0 Å². The van der Waals surface area contributed by atoms with Gasteiger partial charge in [0, 0.05) is 23.2 Å². The van der Waals surface area contributed by atoms with Crippen LogP contribution in [0, 0.1) is 17.5 Å². The van der Waals surface area contributed by atoms with E-state index in [0.29, 0.717) is 12.1 Å². The Morgan fingerprint density at radius 3 is 2.42 bits per heavy atom. The number of halogens is 3. The maximum Gasteiger partial charge on any atom is 0.271 e. The smallest absolute Gasteiger partial charge is 0.271 e. The summed E-state index contributed by atoms with van der Waals surface area (Å²) in [5.74, 6) is -4.06. The first-order valence-corrected chi connectivity index (χ1v) is 7.17. The Bertz CT molecular complexity index is 728. The van der Waals surface area contributed by atoms with Crippen molar-refractivity contribution in [2.45, 2.75) is 4.21 Å². The number of hydrogen-bond acceptors (Lipinski definition) is 4. The highest BCUT2D eigenvalue weighted by atomic mass is 32.2. The molecule has 2 rings (SSSR count). The summed E-state index contributed by atoms with van der Waals surface area (Å²) < 4.78 is 64.5. The van der Waals surface area contributed by atoms with Crippen molar-refractivity contribution < 1.29 is 21.6 Å². The van der Waals surface area contributed by atoms with Crippen LogP contribution in [0.5, 0.6) is 0 Å². The molecule has 0 aliphatic rings. The number of nitrogens with two attached hydrogens (primary N) is 1. The van der Waals surface area contributed by atoms with Crippen molar-refractivity contribution >= 4 is 32.7 Å². The van der Waals surface area contributed by atoms with Gasteiger partial charge in [-0.25, -0.2) is 21.6 Å². The highest BCUT2D eigenvalue weighted by Crippen LogP contribution is 2.26. The molecule has 9 heteroatoms. The third-order valence-corrected chi connectivity index (χ3v) is 4.92. The van der Waals surface area contributed by atoms with Gasteiger partial charge >= 0.3 is 0 Å². The summed E-state index contributed by atoms with van der Waals surface area (Å²) in [6, 6.07) is 2.02. The molecule has 1 heterocycles. The van der Waals surface area contributed by atoms with Gasteiger partial charge in [-0.3, -0.25) is 4.72 Å². The molecule has 0 fully saturated rings. The van der Waals surface area contributed by atoms with E-state index >= 15 is 0 Å². The minimum Gasteiger partial charge on any atom is -0.398 e. The molecule has 0 aliphatic carbocycles. The molecule has 3 N–H and O–H groups in total. The molecule has 0 aliphatic heterocycles. The molecule has 1 aromatic heterocycles. The summed E-state index contributed by atoms with van der Waals surface area (Å²) in [6.07, 6.45) is 0. The number of anilines is 2. The molecular formula is C10H7F3N2O2S2. The van der Waals surface area contributed by atoms with Crippen molar-refractivity contribution in [2.75, 3.05) is 10.5 Å². The minimum absolute atomic E-state index is 0.186. The van der Waals surface area contributed by atoms with E-state index in [0.717, 1.165) is 17.4 Å². The second kappa shape index (κ2) is 4.74. The van der Waals surface area contributed by atoms with E-state index in [1.54, 1.807) is 4.72 Å². The van der Waals surface area contributed by atoms with Crippen LogP contribution in [0.3, 0.4) is 0 Å². The zero-order chi connectivity index (χ0) is 14.2. The Kier molecular flexibility index (Phi) is 3.42. The molecule has 0 radical (unpaired) electrons. The number of nitrogen functional groups attached to an aromatic ring is 1. The van der Waals surface area contributed by atoms with Crippen LogP contribution in [0.1, 0.15) is 0 Å². The second-order valence-corrected chi connectivity index (χ2v) is 6.37. The van der Waals surface area contributed by atoms with E-state index in [-0.39, 0.29) is 9.90 Å². The Labute approximate surface area is 110 Å². The van der Waals surface area contributed by atoms with E-state index in [2.05, 4.69) is 0 Å². The quantitative estimate of drug-likeness (QED) is 0.856. The lowest BCUT2D eigenvalue weighted by molar-refractivity contribution is 0.498. The summed E-state index contributed by atoms with van der Waals surface area (Å²) in [5.41, 5.74) is 4.79. The Balaban J connectivity index is 2.41. The third-order valence-electron chi connectivity index (χ3n) is 2.10. The van der Waals surface area contributed by atoms with E-state index in [1.165, 1.54) is 5.38 Å². The normalized spacial score (nSPS) is 11.5. The molecular weight excluding hydrogens is 301 g/mol. The molecule has 0 saturated carbocycles. The van der Waals surface area contributed by atoms with Crippen LogP contribution in [-0.4, -0.2) is 8.42 Å². The third kappa shape index (κ3) is 2.82. The lowest BCUT2D eigenvalue weighted by atomic mass is 10.3. The molecule has 0 amide bonds. The predicted octanol–water partition coefficient (Wildman–Crippen LogP) is 2.55. The highest BCUT2D eigenvalue weighted by molar-refractivity contribution is 7.94. The number of nitrogens with one attached hydrogen (secondary N) is 1. The van der Waals surface area contributed by atoms with Gasteiger partial charge in [0.2, 0.25) is 0 Å². The van der Waals surface area contributed by atoms with Gasteiger partial charge in [0.15, 0.2) is 11.6 Å². The maximum absolute atomic E-state index is 13.3. The second-order valence-electron chi connectivity index (χ2n) is 3.55. The van der Waals surface area contributed by atoms with E-state index in [4.69, 9.17) is 5.73 Å². The van der Waals surface area contributed by atoms with E-state index < -0.39 is 33.2 Å². The van der Waals surface area contributed by atoms with Crippen molar-refractivity contribution in [1.29, 1.82) is 0 Å². The standard InChI is InChI=1S/C10H7F3N2O2S2/c11-5-1-7(12)10(13)8(2-5)15-19(16,17)9-3-6(14)4-18-9/h1-4,15H,14H2. The number of benzene rings is 1. The van der Waals surface area contributed by atoms with Crippen LogP contribution >= 0.6 is 11.3 Å². The monoisotopic (exact) mass is 308 g/mol. The predicted molar refractivity (Wildman–Crippen MR) is 65.9 cm³/mol. The fraction of sp³-hybridized carbons (Fsp3) is 0. The number of rotatable bonds is 3. The van der Waals surface area contributed by atoms with Gasteiger partial charge in [-0.2, -0.15) is 0 Å². The molecule has 1 aromatic carbocycles. The zero-order valence-corrected chi connectivity index (χ0v) is 10.8. The van der Waals surface area contributed by atoms with Crippen molar-refractivity contribution in [3.63, 3.8) is 0 Å². The van der Waals surface area contributed by atoms with Crippen LogP contribution in [0.15, 0.2) is 27.8 Å². The summed E-state index contributed by atoms with van der Waals surface area (Å²) >= 11 is 0.805. The average Bonchev–Trinajstić information content (AvgIpc) is 2.72. The summed E-state index contributed by atoms with van der Waals surface area (Å²) in [5, 5.41) is 1.37. The maximum atomic E-state index is 13.3. The zero-order valence-electron chi connectivity index (χ0n) is 9.15. The number of thiophene rings is 1. The molecule has 0 bridgehead atoms. The summed E-state index contributed by atoms with van der Waals surface area (Å²) in [4.78, 5) is 0. The van der Waals surface area contributed by atoms with Crippen molar-refractivity contribution in [3.8, 4) is 0 Å². The fourth-order valence-corrected chi connectivity index (χ4v) is 3.43. The first-order chi connectivity index (χ1) is 8.79. The van der Waals surface area contributed by atoms with E-state index in [9.17, 15) is 21.6 Å². The van der Waals surface area contributed by atoms with Gasteiger partial charge in [0.1, 0.15) is 10.0 Å². The number of sulfonamides is 1. The minimum atomic E-state index is -4.13. The van der Waals surface area contributed by atoms with Crippen LogP contribution in [-0.2, 0) is 10.0 Å². The molecule has 4 nitrogen and oxygen atoms in total. The summed E-state index contributed by atoms with van der Waals surface area (Å²) in [6.45, 7) is 0. The SMILES string of the molecule is Nc1csc(S(=O)(=O)Nc2cc(F)cc(F)c2F)c1. The molecule has 0 spiro atoms. The number of hydrogen-bond donors (Lipinski definition) is 2. The fourth-order valence-electron chi connectivity index (χ4n) is 1.30. The largest absolute Gasteiger partial charge is 0.398 e. The van der Waals surface area contributed by atoms with Crippen LogP contribution < -0.4 is 10.5 Å². The van der Waals surface area contributed by atoms with Gasteiger partial charge < -0.3 is 5.73 Å². The first kappa shape index (κ1) is 13.7. The molecule has 2 aromatic rings. The lowest BCUT2D eigenvalue weighted by Crippen LogP contribution is -2.13. The van der Waals surface area contributed by atoms with Crippen molar-refractivity contribution in [2.24, 2.45) is 0 Å². The Hall–Kier alpha value is -1.74. The van der Waals surface area contributed by atoms with Gasteiger partial charge in [-0.1, -0.05) is 0 Å². The highest BCUT2D eigenvalue weighted by Gasteiger charge is 2.20. The van der Waals surface area contributed by atoms with Crippen molar-refractivity contribution in [3.05, 3.63) is 41.0 Å². The first-order valence-electron chi connectivity index (χ1n) is 4.81. The molecule has 0 atom stereocenters. The molecule has 0 saturated heterocycles. The van der Waals surface area contributed by atoms with Crippen LogP contribution in [0.25, 0.3) is 0 Å². The van der Waals surface area contributed by atoms with Gasteiger partial charge in [-0.05, 0) is 6.07 Å². The topological polar surface area (TPSA) is 72.2 Å². The van der Waals surface area contributed by atoms with Gasteiger partial charge in [-0.15, -0.1) is 11.3 Å². The van der Waals surface area contributed by atoms with Crippen LogP contribution in [0.4, 0.5) is 24.5 Å². The van der Waals surface area contributed by atoms with Gasteiger partial charge in [0.25, 0.3) is 10.0 Å². The molecule has 19 heavy (non-hydrogen) atoms. The lowest BCUT2D eigenvalue weighted by Gasteiger charge is -2.07. The van der Waals surface area contributed by atoms with Gasteiger partial charge in [0.05, 0.1) is 5.69 Å². The summed E-state index contributed by atoms with van der Waals surface area (Å²) in [7, 11) is -4.13. The Morgan fingerprint density at radius 1 is 1.16 bits per heavy atom. The Morgan fingerprint density at radius 2 is 1.84 bits per heavy atom. The average molecular weight is 308 g/mol. The van der Waals surface area contributed by atoms with E-state index in [1.807, 2.05) is 0 Å².